The number of carbonyl (C=O) groups excluding carboxylic acids is 1. The van der Waals surface area contributed by atoms with Gasteiger partial charge < -0.3 is 4.74 Å². The van der Waals surface area contributed by atoms with E-state index < -0.39 is 10.3 Å². The van der Waals surface area contributed by atoms with Crippen LogP contribution in [0.5, 0.6) is 0 Å². The Balaban J connectivity index is 2.54. The average Bonchev–Trinajstić information content (AvgIpc) is 2.22. The summed E-state index contributed by atoms with van der Waals surface area (Å²) >= 11 is 11.2. The smallest absolute Gasteiger partial charge is 0.351 e. The van der Waals surface area contributed by atoms with Crippen molar-refractivity contribution in [1.82, 2.24) is 0 Å². The molecule has 0 radical (unpaired) electrons. The van der Waals surface area contributed by atoms with Gasteiger partial charge in [-0.25, -0.2) is 4.79 Å². The Bertz CT molecular complexity index is 221. The SMILES string of the molecule is CCCCC1=CC(Cl)(Cl)C(=O)O1. The zero-order valence-corrected chi connectivity index (χ0v) is 8.28. The van der Waals surface area contributed by atoms with Gasteiger partial charge in [0.25, 0.3) is 0 Å². The largest absolute Gasteiger partial charge is 0.429 e. The fourth-order valence-corrected chi connectivity index (χ4v) is 1.27. The maximum atomic E-state index is 10.9. The summed E-state index contributed by atoms with van der Waals surface area (Å²) in [7, 11) is 0. The van der Waals surface area contributed by atoms with Crippen molar-refractivity contribution in [3.8, 4) is 0 Å². The van der Waals surface area contributed by atoms with E-state index in [1.807, 2.05) is 0 Å². The molecule has 0 aromatic carbocycles. The van der Waals surface area contributed by atoms with Crippen molar-refractivity contribution in [3.05, 3.63) is 11.8 Å². The van der Waals surface area contributed by atoms with Crippen molar-refractivity contribution in [2.45, 2.75) is 30.5 Å². The van der Waals surface area contributed by atoms with Gasteiger partial charge in [-0.1, -0.05) is 36.5 Å². The summed E-state index contributed by atoms with van der Waals surface area (Å²) in [6.07, 6.45) is 4.22. The summed E-state index contributed by atoms with van der Waals surface area (Å²) in [6, 6.07) is 0. The van der Waals surface area contributed by atoms with E-state index in [2.05, 4.69) is 6.92 Å². The number of esters is 1. The molecule has 0 fully saturated rings. The number of hydrogen-bond donors (Lipinski definition) is 0. The molecular formula is C8H10Cl2O2. The van der Waals surface area contributed by atoms with Crippen LogP contribution in [0.15, 0.2) is 11.8 Å². The normalized spacial score (nSPS) is 20.6. The van der Waals surface area contributed by atoms with Crippen LogP contribution in [-0.2, 0) is 9.53 Å². The average molecular weight is 209 g/mol. The summed E-state index contributed by atoms with van der Waals surface area (Å²) in [6.45, 7) is 2.06. The molecule has 0 saturated heterocycles. The molecule has 0 saturated carbocycles. The van der Waals surface area contributed by atoms with Gasteiger partial charge in [-0.05, 0) is 6.42 Å². The van der Waals surface area contributed by atoms with Gasteiger partial charge in [0.2, 0.25) is 4.33 Å². The van der Waals surface area contributed by atoms with Gasteiger partial charge in [-0.2, -0.15) is 0 Å². The summed E-state index contributed by atoms with van der Waals surface area (Å²) in [5.41, 5.74) is 0. The predicted molar refractivity (Wildman–Crippen MR) is 48.1 cm³/mol. The van der Waals surface area contributed by atoms with Crippen molar-refractivity contribution in [1.29, 1.82) is 0 Å². The minimum Gasteiger partial charge on any atom is -0.429 e. The van der Waals surface area contributed by atoms with Crippen LogP contribution in [0.1, 0.15) is 26.2 Å². The number of cyclic esters (lactones) is 1. The van der Waals surface area contributed by atoms with Crippen LogP contribution < -0.4 is 0 Å². The Morgan fingerprint density at radius 2 is 2.25 bits per heavy atom. The zero-order chi connectivity index (χ0) is 9.19. The quantitative estimate of drug-likeness (QED) is 0.527. The molecule has 0 N–H and O–H groups in total. The standard InChI is InChI=1S/C8H10Cl2O2/c1-2-3-4-6-5-8(9,10)7(11)12-6/h5H,2-4H2,1H3. The van der Waals surface area contributed by atoms with Crippen LogP contribution >= 0.6 is 23.2 Å². The third-order valence-corrected chi connectivity index (χ3v) is 2.14. The maximum absolute atomic E-state index is 10.9. The van der Waals surface area contributed by atoms with Crippen molar-refractivity contribution in [2.24, 2.45) is 0 Å². The molecule has 0 aromatic heterocycles. The molecule has 0 atom stereocenters. The second-order valence-electron chi connectivity index (χ2n) is 2.73. The van der Waals surface area contributed by atoms with Crippen molar-refractivity contribution < 1.29 is 9.53 Å². The number of halogens is 2. The minimum absolute atomic E-state index is 0.586. The molecule has 1 aliphatic heterocycles. The lowest BCUT2D eigenvalue weighted by Crippen LogP contribution is -2.18. The Kier molecular flexibility index (Phi) is 3.02. The molecule has 0 spiro atoms. The van der Waals surface area contributed by atoms with E-state index in [9.17, 15) is 4.79 Å². The lowest BCUT2D eigenvalue weighted by molar-refractivity contribution is -0.137. The molecule has 0 unspecified atom stereocenters. The van der Waals surface area contributed by atoms with E-state index in [-0.39, 0.29) is 0 Å². The number of rotatable bonds is 3. The van der Waals surface area contributed by atoms with E-state index >= 15 is 0 Å². The van der Waals surface area contributed by atoms with Crippen LogP contribution in [0.4, 0.5) is 0 Å². The lowest BCUT2D eigenvalue weighted by Gasteiger charge is -2.02. The Morgan fingerprint density at radius 3 is 2.67 bits per heavy atom. The molecule has 4 heteroatoms. The van der Waals surface area contributed by atoms with Crippen molar-refractivity contribution in [3.63, 3.8) is 0 Å². The number of ether oxygens (including phenoxy) is 1. The van der Waals surface area contributed by atoms with Gasteiger partial charge in [0.1, 0.15) is 5.76 Å². The van der Waals surface area contributed by atoms with Crippen LogP contribution in [0.3, 0.4) is 0 Å². The van der Waals surface area contributed by atoms with Crippen LogP contribution in [0, 0.1) is 0 Å². The highest BCUT2D eigenvalue weighted by atomic mass is 35.5. The molecule has 0 aliphatic carbocycles. The second-order valence-corrected chi connectivity index (χ2v) is 4.11. The van der Waals surface area contributed by atoms with Crippen LogP contribution in [0.25, 0.3) is 0 Å². The molecular weight excluding hydrogens is 199 g/mol. The van der Waals surface area contributed by atoms with Crippen molar-refractivity contribution in [2.75, 3.05) is 0 Å². The highest BCUT2D eigenvalue weighted by Crippen LogP contribution is 2.34. The fourth-order valence-electron chi connectivity index (χ4n) is 0.952. The number of unbranched alkanes of at least 4 members (excludes halogenated alkanes) is 1. The van der Waals surface area contributed by atoms with Gasteiger partial charge in [0, 0.05) is 12.5 Å². The summed E-state index contributed by atoms with van der Waals surface area (Å²) < 4.78 is 3.38. The van der Waals surface area contributed by atoms with Gasteiger partial charge in [-0.15, -0.1) is 0 Å². The van der Waals surface area contributed by atoms with Gasteiger partial charge in [-0.3, -0.25) is 0 Å². The monoisotopic (exact) mass is 208 g/mol. The number of carbonyl (C=O) groups is 1. The second kappa shape index (κ2) is 3.67. The molecule has 12 heavy (non-hydrogen) atoms. The molecule has 1 heterocycles. The first kappa shape index (κ1) is 9.87. The Labute approximate surface area is 81.5 Å². The van der Waals surface area contributed by atoms with Gasteiger partial charge in [0.15, 0.2) is 0 Å². The molecule has 0 aromatic rings. The highest BCUT2D eigenvalue weighted by molar-refractivity contribution is 6.59. The van der Waals surface area contributed by atoms with E-state index in [4.69, 9.17) is 27.9 Å². The van der Waals surface area contributed by atoms with E-state index in [1.165, 1.54) is 6.08 Å². The number of alkyl halides is 2. The first-order valence-electron chi connectivity index (χ1n) is 3.88. The molecule has 68 valence electrons. The number of allylic oxidation sites excluding steroid dienone is 1. The van der Waals surface area contributed by atoms with Gasteiger partial charge >= 0.3 is 5.97 Å². The zero-order valence-electron chi connectivity index (χ0n) is 6.77. The summed E-state index contributed by atoms with van der Waals surface area (Å²) in [5.74, 6) is 0.00351. The minimum atomic E-state index is -1.46. The summed E-state index contributed by atoms with van der Waals surface area (Å²) in [5, 5.41) is 0. The lowest BCUT2D eigenvalue weighted by atomic mass is 10.2. The topological polar surface area (TPSA) is 26.3 Å². The molecule has 1 rings (SSSR count). The van der Waals surface area contributed by atoms with E-state index in [0.29, 0.717) is 5.76 Å². The Hall–Kier alpha value is -0.210. The fraction of sp³-hybridized carbons (Fsp3) is 0.625. The molecule has 1 aliphatic rings. The summed E-state index contributed by atoms with van der Waals surface area (Å²) in [4.78, 5) is 10.9. The van der Waals surface area contributed by atoms with E-state index in [1.54, 1.807) is 0 Å². The third-order valence-electron chi connectivity index (χ3n) is 1.61. The van der Waals surface area contributed by atoms with Crippen molar-refractivity contribution >= 4 is 29.2 Å². The number of hydrogen-bond acceptors (Lipinski definition) is 2. The third kappa shape index (κ3) is 2.14. The first-order valence-corrected chi connectivity index (χ1v) is 4.63. The molecule has 2 nitrogen and oxygen atoms in total. The Morgan fingerprint density at radius 1 is 1.58 bits per heavy atom. The predicted octanol–water partition coefficient (Wildman–Crippen LogP) is 2.79. The highest BCUT2D eigenvalue weighted by Gasteiger charge is 2.40. The maximum Gasteiger partial charge on any atom is 0.351 e. The van der Waals surface area contributed by atoms with Gasteiger partial charge in [0.05, 0.1) is 0 Å². The first-order chi connectivity index (χ1) is 5.56. The molecule has 0 amide bonds. The van der Waals surface area contributed by atoms with Crippen LogP contribution in [0.2, 0.25) is 0 Å². The van der Waals surface area contributed by atoms with Crippen LogP contribution in [-0.4, -0.2) is 10.3 Å². The molecule has 0 bridgehead atoms. The van der Waals surface area contributed by atoms with E-state index in [0.717, 1.165) is 19.3 Å².